The summed E-state index contributed by atoms with van der Waals surface area (Å²) in [5.41, 5.74) is 1.80. The van der Waals surface area contributed by atoms with E-state index in [0.29, 0.717) is 5.25 Å². The minimum atomic E-state index is 0.459. The molecule has 1 heterocycles. The molecule has 0 spiro atoms. The van der Waals surface area contributed by atoms with Crippen LogP contribution in [0.3, 0.4) is 0 Å². The van der Waals surface area contributed by atoms with Gasteiger partial charge in [-0.2, -0.15) is 0 Å². The number of aromatic nitrogens is 1. The molecule has 0 bridgehead atoms. The van der Waals surface area contributed by atoms with Crippen molar-refractivity contribution in [3.8, 4) is 0 Å². The molecule has 1 atom stereocenters. The van der Waals surface area contributed by atoms with Gasteiger partial charge in [-0.15, -0.1) is 0 Å². The molecule has 0 saturated carbocycles. The van der Waals surface area contributed by atoms with Gasteiger partial charge in [-0.05, 0) is 31.0 Å². The van der Waals surface area contributed by atoms with Gasteiger partial charge in [0.05, 0.1) is 0 Å². The molecule has 0 aliphatic heterocycles. The van der Waals surface area contributed by atoms with Crippen LogP contribution in [0.15, 0.2) is 33.9 Å². The van der Waals surface area contributed by atoms with Crippen molar-refractivity contribution in [2.24, 2.45) is 5.92 Å². The quantitative estimate of drug-likeness (QED) is 0.615. The first kappa shape index (κ1) is 14.4. The molecule has 1 unspecified atom stereocenters. The Bertz CT molecular complexity index is 477. The smallest absolute Gasteiger partial charge is 0.257 e. The summed E-state index contributed by atoms with van der Waals surface area (Å²) in [6, 6.07) is 7.89. The van der Waals surface area contributed by atoms with E-state index in [9.17, 15) is 0 Å². The molecule has 0 aliphatic rings. The molecule has 0 aliphatic carbocycles. The highest BCUT2D eigenvalue weighted by Gasteiger charge is 2.10. The molecule has 1 N–H and O–H groups in total. The van der Waals surface area contributed by atoms with Crippen molar-refractivity contribution in [3.05, 3.63) is 24.3 Å². The first-order valence-electron chi connectivity index (χ1n) is 6.88. The summed E-state index contributed by atoms with van der Waals surface area (Å²) >= 11 is 1.69. The van der Waals surface area contributed by atoms with Crippen LogP contribution in [-0.4, -0.2) is 23.3 Å². The molecule has 1 aromatic carbocycles. The number of nitrogens with zero attached hydrogens (tertiary/aromatic N) is 1. The Hall–Kier alpha value is -1.00. The van der Waals surface area contributed by atoms with Gasteiger partial charge in [0.15, 0.2) is 5.58 Å². The van der Waals surface area contributed by atoms with Crippen molar-refractivity contribution in [2.75, 3.05) is 13.1 Å². The van der Waals surface area contributed by atoms with E-state index in [1.165, 1.54) is 6.42 Å². The number of oxazole rings is 1. The Balaban J connectivity index is 1.80. The zero-order valence-electron chi connectivity index (χ0n) is 11.8. The van der Waals surface area contributed by atoms with Crippen LogP contribution in [0.2, 0.25) is 0 Å². The number of benzene rings is 1. The third-order valence-corrected chi connectivity index (χ3v) is 3.85. The van der Waals surface area contributed by atoms with Gasteiger partial charge in [-0.3, -0.25) is 0 Å². The summed E-state index contributed by atoms with van der Waals surface area (Å²) < 4.78 is 5.71. The minimum absolute atomic E-state index is 0.459. The van der Waals surface area contributed by atoms with E-state index in [1.54, 1.807) is 11.8 Å². The SMILES string of the molecule is CC(C)CCNCC(C)Sc1nc2ccccc2o1. The number of hydrogen-bond donors (Lipinski definition) is 1. The molecule has 0 fully saturated rings. The third kappa shape index (κ3) is 4.55. The molecule has 0 radical (unpaired) electrons. The summed E-state index contributed by atoms with van der Waals surface area (Å²) in [5, 5.41) is 4.70. The highest BCUT2D eigenvalue weighted by Crippen LogP contribution is 2.26. The van der Waals surface area contributed by atoms with E-state index < -0.39 is 0 Å². The van der Waals surface area contributed by atoms with Crippen LogP contribution in [0.4, 0.5) is 0 Å². The zero-order valence-corrected chi connectivity index (χ0v) is 12.7. The Morgan fingerprint density at radius 2 is 2.05 bits per heavy atom. The third-order valence-electron chi connectivity index (χ3n) is 2.91. The molecule has 0 saturated heterocycles. The highest BCUT2D eigenvalue weighted by atomic mass is 32.2. The largest absolute Gasteiger partial charge is 0.431 e. The molecule has 1 aromatic heterocycles. The number of fused-ring (bicyclic) bond motifs is 1. The molecule has 104 valence electrons. The van der Waals surface area contributed by atoms with Crippen molar-refractivity contribution in [1.29, 1.82) is 0 Å². The van der Waals surface area contributed by atoms with Crippen LogP contribution >= 0.6 is 11.8 Å². The second-order valence-corrected chi connectivity index (χ2v) is 6.65. The fraction of sp³-hybridized carbons (Fsp3) is 0.533. The van der Waals surface area contributed by atoms with Crippen molar-refractivity contribution in [3.63, 3.8) is 0 Å². The molecular formula is C15H22N2OS. The van der Waals surface area contributed by atoms with Gasteiger partial charge < -0.3 is 9.73 Å². The van der Waals surface area contributed by atoms with Crippen molar-refractivity contribution < 1.29 is 4.42 Å². The normalized spacial score (nSPS) is 13.3. The number of nitrogens with one attached hydrogen (secondary N) is 1. The Morgan fingerprint density at radius 1 is 1.26 bits per heavy atom. The first-order valence-corrected chi connectivity index (χ1v) is 7.76. The summed E-state index contributed by atoms with van der Waals surface area (Å²) in [6.45, 7) is 8.75. The molecule has 2 rings (SSSR count). The predicted octanol–water partition coefficient (Wildman–Crippen LogP) is 3.94. The number of para-hydroxylation sites is 2. The second-order valence-electron chi connectivity index (χ2n) is 5.26. The zero-order chi connectivity index (χ0) is 13.7. The second kappa shape index (κ2) is 6.96. The number of hydrogen-bond acceptors (Lipinski definition) is 4. The summed E-state index contributed by atoms with van der Waals surface area (Å²) in [6.07, 6.45) is 1.22. The fourth-order valence-electron chi connectivity index (χ4n) is 1.81. The number of thioether (sulfide) groups is 1. The van der Waals surface area contributed by atoms with Crippen LogP contribution in [0.5, 0.6) is 0 Å². The lowest BCUT2D eigenvalue weighted by Crippen LogP contribution is -2.24. The Labute approximate surface area is 119 Å². The summed E-state index contributed by atoms with van der Waals surface area (Å²) in [7, 11) is 0. The average Bonchev–Trinajstić information content (AvgIpc) is 2.76. The van der Waals surface area contributed by atoms with Gasteiger partial charge in [0.25, 0.3) is 5.22 Å². The van der Waals surface area contributed by atoms with E-state index in [2.05, 4.69) is 31.1 Å². The standard InChI is InChI=1S/C15H22N2OS/c1-11(2)8-9-16-10-12(3)19-15-17-13-6-4-5-7-14(13)18-15/h4-7,11-12,16H,8-10H2,1-3H3. The van der Waals surface area contributed by atoms with E-state index in [0.717, 1.165) is 35.3 Å². The molecular weight excluding hydrogens is 256 g/mol. The van der Waals surface area contributed by atoms with Crippen molar-refractivity contribution in [2.45, 2.75) is 37.7 Å². The minimum Gasteiger partial charge on any atom is -0.431 e. The predicted molar refractivity (Wildman–Crippen MR) is 81.7 cm³/mol. The van der Waals surface area contributed by atoms with Crippen LogP contribution in [0, 0.1) is 5.92 Å². The molecule has 0 amide bonds. The van der Waals surface area contributed by atoms with Crippen LogP contribution in [-0.2, 0) is 0 Å². The lowest BCUT2D eigenvalue weighted by molar-refractivity contribution is 0.487. The Kier molecular flexibility index (Phi) is 5.28. The van der Waals surface area contributed by atoms with E-state index >= 15 is 0 Å². The monoisotopic (exact) mass is 278 g/mol. The maximum atomic E-state index is 5.71. The van der Waals surface area contributed by atoms with Gasteiger partial charge in [0, 0.05) is 11.8 Å². The van der Waals surface area contributed by atoms with Gasteiger partial charge in [0.2, 0.25) is 0 Å². The first-order chi connectivity index (χ1) is 9.15. The van der Waals surface area contributed by atoms with Crippen LogP contribution in [0.25, 0.3) is 11.1 Å². The van der Waals surface area contributed by atoms with Crippen molar-refractivity contribution >= 4 is 22.9 Å². The average molecular weight is 278 g/mol. The fourth-order valence-corrected chi connectivity index (χ4v) is 2.65. The molecule has 3 nitrogen and oxygen atoms in total. The Morgan fingerprint density at radius 3 is 2.79 bits per heavy atom. The summed E-state index contributed by atoms with van der Waals surface area (Å²) in [5.74, 6) is 0.757. The van der Waals surface area contributed by atoms with Gasteiger partial charge in [0.1, 0.15) is 5.52 Å². The maximum absolute atomic E-state index is 5.71. The lowest BCUT2D eigenvalue weighted by atomic mass is 10.1. The molecule has 19 heavy (non-hydrogen) atoms. The van der Waals surface area contributed by atoms with Crippen LogP contribution < -0.4 is 5.32 Å². The van der Waals surface area contributed by atoms with Crippen molar-refractivity contribution in [1.82, 2.24) is 10.3 Å². The van der Waals surface area contributed by atoms with Crippen LogP contribution in [0.1, 0.15) is 27.2 Å². The van der Waals surface area contributed by atoms with Gasteiger partial charge in [-0.25, -0.2) is 4.98 Å². The highest BCUT2D eigenvalue weighted by molar-refractivity contribution is 7.99. The van der Waals surface area contributed by atoms with E-state index in [4.69, 9.17) is 4.42 Å². The molecule has 2 aromatic rings. The number of rotatable bonds is 7. The van der Waals surface area contributed by atoms with E-state index in [1.807, 2.05) is 24.3 Å². The summed E-state index contributed by atoms with van der Waals surface area (Å²) in [4.78, 5) is 4.48. The van der Waals surface area contributed by atoms with E-state index in [-0.39, 0.29) is 0 Å². The van der Waals surface area contributed by atoms with Gasteiger partial charge in [-0.1, -0.05) is 44.7 Å². The molecule has 4 heteroatoms. The topological polar surface area (TPSA) is 38.1 Å². The van der Waals surface area contributed by atoms with Gasteiger partial charge >= 0.3 is 0 Å². The lowest BCUT2D eigenvalue weighted by Gasteiger charge is -2.11. The maximum Gasteiger partial charge on any atom is 0.257 e.